The van der Waals surface area contributed by atoms with Crippen LogP contribution in [0.1, 0.15) is 123 Å². The highest BCUT2D eigenvalue weighted by molar-refractivity contribution is 6.38. The van der Waals surface area contributed by atoms with Gasteiger partial charge in [-0.2, -0.15) is 0 Å². The average Bonchev–Trinajstić information content (AvgIpc) is 3.65. The van der Waals surface area contributed by atoms with Crippen molar-refractivity contribution in [3.8, 4) is 0 Å². The number of likely N-dealkylation sites (tertiary alicyclic amines) is 1. The Kier molecular flexibility index (Phi) is 17.9. The Morgan fingerprint density at radius 2 is 1.39 bits per heavy atom. The summed E-state index contributed by atoms with van der Waals surface area (Å²) in [5.41, 5.74) is -0.0435. The molecule has 1 aromatic carbocycles. The molecule has 3 fully saturated rings. The fraction of sp³-hybridized carbons (Fsp3) is 0.682. The van der Waals surface area contributed by atoms with E-state index in [1.807, 2.05) is 58.0 Å². The molecule has 17 heteroatoms. The molecule has 1 saturated heterocycles. The van der Waals surface area contributed by atoms with Gasteiger partial charge in [-0.3, -0.25) is 28.8 Å². The summed E-state index contributed by atoms with van der Waals surface area (Å²) >= 11 is 0. The van der Waals surface area contributed by atoms with E-state index in [1.165, 1.54) is 0 Å². The number of benzene rings is 1. The van der Waals surface area contributed by atoms with Crippen LogP contribution in [0, 0.1) is 17.3 Å². The smallest absolute Gasteiger partial charge is 0.407 e. The highest BCUT2D eigenvalue weighted by Gasteiger charge is 2.51. The lowest BCUT2D eigenvalue weighted by atomic mass is 9.81. The van der Waals surface area contributed by atoms with Crippen molar-refractivity contribution in [3.05, 3.63) is 35.9 Å². The summed E-state index contributed by atoms with van der Waals surface area (Å²) < 4.78 is 9.30. The van der Waals surface area contributed by atoms with Crippen molar-refractivity contribution in [1.82, 2.24) is 36.8 Å². The zero-order valence-corrected chi connectivity index (χ0v) is 36.8. The first-order valence-electron chi connectivity index (χ1n) is 21.8. The van der Waals surface area contributed by atoms with Gasteiger partial charge in [-0.05, 0) is 68.3 Å². The van der Waals surface area contributed by atoms with E-state index < -0.39 is 89.2 Å². The molecule has 0 bridgehead atoms. The van der Waals surface area contributed by atoms with E-state index in [0.717, 1.165) is 58.3 Å². The fourth-order valence-electron chi connectivity index (χ4n) is 8.90. The first-order chi connectivity index (χ1) is 29.0. The highest BCUT2D eigenvalue weighted by Crippen LogP contribution is 2.41. The number of carbonyl (C=O) groups excluding carboxylic acids is 8. The zero-order valence-electron chi connectivity index (χ0n) is 36.8. The maximum Gasteiger partial charge on any atom is 0.407 e. The number of hydrogen-bond acceptors (Lipinski definition) is 10. The second kappa shape index (κ2) is 22.6. The minimum absolute atomic E-state index is 0.0206. The molecule has 0 spiro atoms. The number of rotatable bonds is 17. The van der Waals surface area contributed by atoms with Crippen LogP contribution >= 0.6 is 0 Å². The fourth-order valence-corrected chi connectivity index (χ4v) is 8.90. The Hall–Kier alpha value is -5.22. The molecule has 1 unspecified atom stereocenters. The van der Waals surface area contributed by atoms with E-state index >= 15 is 4.79 Å². The summed E-state index contributed by atoms with van der Waals surface area (Å²) in [5, 5.41) is 16.2. The molecule has 1 heterocycles. The largest absolute Gasteiger partial charge is 0.453 e. The van der Waals surface area contributed by atoms with Crippen molar-refractivity contribution >= 4 is 47.5 Å². The third-order valence-corrected chi connectivity index (χ3v) is 12.3. The van der Waals surface area contributed by atoms with Crippen molar-refractivity contribution in [3.63, 3.8) is 0 Å². The summed E-state index contributed by atoms with van der Waals surface area (Å²) in [6, 6.07) is 2.85. The molecule has 3 aliphatic rings. The number of amides is 7. The number of nitrogens with zero attached hydrogens (tertiary/aromatic N) is 1. The van der Waals surface area contributed by atoms with Crippen molar-refractivity contribution in [1.29, 1.82) is 0 Å². The normalized spacial score (nSPS) is 21.5. The summed E-state index contributed by atoms with van der Waals surface area (Å²) in [5.74, 6) is -4.21. The van der Waals surface area contributed by atoms with E-state index in [0.29, 0.717) is 32.1 Å². The van der Waals surface area contributed by atoms with E-state index in [1.54, 1.807) is 11.8 Å². The third kappa shape index (κ3) is 13.1. The number of ketones is 1. The molecule has 7 amide bonds. The maximum atomic E-state index is 15.1. The quantitative estimate of drug-likeness (QED) is 0.125. The van der Waals surface area contributed by atoms with Crippen molar-refractivity contribution < 1.29 is 47.8 Å². The van der Waals surface area contributed by atoms with Gasteiger partial charge < -0.3 is 46.3 Å². The van der Waals surface area contributed by atoms with Gasteiger partial charge in [-0.15, -0.1) is 0 Å². The Balaban J connectivity index is 1.59. The van der Waals surface area contributed by atoms with Gasteiger partial charge in [0, 0.05) is 6.04 Å². The monoisotopic (exact) mass is 853 g/mol. The van der Waals surface area contributed by atoms with Crippen LogP contribution in [0.15, 0.2) is 30.3 Å². The van der Waals surface area contributed by atoms with Gasteiger partial charge in [0.1, 0.15) is 24.2 Å². The molecule has 2 saturated carbocycles. The standard InChI is InChI=1S/C44H67N7O10/c1-8-17-30(35(52)40(56)46-26(2)27-18-11-9-12-19-27)47-38(54)33-24-29-22-15-16-23-32(29)51(33)41(57)36(44(3,4)5)50-39(55)34(28-20-13-10-14-21-28)49-37(53)31(48-43(59)61-7)25-45-42(58)60-6/h9,11-12,18-19,26,28-34,36H,8,10,13-17,20-25H2,1-7H3,(H,45,58)(H,46,56)(H,47,54)(H,48,59)(H,49,53)(H,50,55)/t26-,29-,30?,31-,32-,33-,34-,36+/m0/s1. The lowest BCUT2D eigenvalue weighted by Gasteiger charge is -2.40. The van der Waals surface area contributed by atoms with Crippen molar-refractivity contribution in [2.45, 2.75) is 154 Å². The molecule has 6 N–H and O–H groups in total. The van der Waals surface area contributed by atoms with E-state index in [-0.39, 0.29) is 30.8 Å². The first kappa shape index (κ1) is 48.4. The molecule has 61 heavy (non-hydrogen) atoms. The summed E-state index contributed by atoms with van der Waals surface area (Å²) in [4.78, 5) is 110. The predicted molar refractivity (Wildman–Crippen MR) is 225 cm³/mol. The van der Waals surface area contributed by atoms with Gasteiger partial charge in [0.15, 0.2) is 0 Å². The molecule has 0 aromatic heterocycles. The number of nitrogens with one attached hydrogen (secondary N) is 6. The van der Waals surface area contributed by atoms with E-state index in [4.69, 9.17) is 0 Å². The number of fused-ring (bicyclic) bond motifs is 1. The number of hydrogen-bond donors (Lipinski definition) is 6. The van der Waals surface area contributed by atoms with Crippen LogP contribution < -0.4 is 31.9 Å². The van der Waals surface area contributed by atoms with E-state index in [2.05, 4.69) is 41.4 Å². The second-order valence-electron chi connectivity index (χ2n) is 17.7. The van der Waals surface area contributed by atoms with Crippen LogP contribution in [-0.4, -0.2) is 109 Å². The SMILES string of the molecule is CCCC(NC(=O)[C@@H]1C[C@@H]2CCCC[C@@H]2N1C(=O)[C@@H](NC(=O)[C@@H](NC(=O)[C@H](CNC(=O)OC)NC(=O)OC)C1CCCCC1)C(C)(C)C)C(=O)C(=O)N[C@@H](C)c1ccccc1. The van der Waals surface area contributed by atoms with Crippen molar-refractivity contribution in [2.24, 2.45) is 17.3 Å². The molecule has 2 aliphatic carbocycles. The van der Waals surface area contributed by atoms with Crippen LogP contribution in [0.3, 0.4) is 0 Å². The summed E-state index contributed by atoms with van der Waals surface area (Å²) in [6.45, 7) is 8.70. The predicted octanol–water partition coefficient (Wildman–Crippen LogP) is 3.55. The maximum absolute atomic E-state index is 15.1. The Morgan fingerprint density at radius 3 is 2.02 bits per heavy atom. The molecule has 0 radical (unpaired) electrons. The zero-order chi connectivity index (χ0) is 44.9. The Morgan fingerprint density at radius 1 is 0.754 bits per heavy atom. The molecule has 8 atom stereocenters. The Labute approximate surface area is 359 Å². The number of ether oxygens (including phenoxy) is 2. The molecular weight excluding hydrogens is 787 g/mol. The summed E-state index contributed by atoms with van der Waals surface area (Å²) in [7, 11) is 2.28. The van der Waals surface area contributed by atoms with Gasteiger partial charge in [-0.25, -0.2) is 9.59 Å². The Bertz CT molecular complexity index is 1710. The third-order valence-electron chi connectivity index (χ3n) is 12.3. The topological polar surface area (TPSA) is 230 Å². The molecule has 1 aromatic rings. The lowest BCUT2D eigenvalue weighted by molar-refractivity contribution is -0.147. The van der Waals surface area contributed by atoms with Crippen LogP contribution in [0.5, 0.6) is 0 Å². The average molecular weight is 854 g/mol. The summed E-state index contributed by atoms with van der Waals surface area (Å²) in [6.07, 6.45) is 6.45. The second-order valence-corrected chi connectivity index (χ2v) is 17.7. The van der Waals surface area contributed by atoms with Crippen LogP contribution in [0.25, 0.3) is 0 Å². The minimum Gasteiger partial charge on any atom is -0.453 e. The molecule has 4 rings (SSSR count). The van der Waals surface area contributed by atoms with Gasteiger partial charge in [0.05, 0.1) is 32.8 Å². The molecule has 1 aliphatic heterocycles. The minimum atomic E-state index is -1.33. The number of methoxy groups -OCH3 is 2. The van der Waals surface area contributed by atoms with Gasteiger partial charge in [0.2, 0.25) is 29.4 Å². The van der Waals surface area contributed by atoms with Crippen LogP contribution in [-0.2, 0) is 38.2 Å². The molecule has 17 nitrogen and oxygen atoms in total. The lowest BCUT2D eigenvalue weighted by Crippen LogP contribution is -2.64. The number of carbonyl (C=O) groups is 8. The first-order valence-corrected chi connectivity index (χ1v) is 21.8. The molecular formula is C44H67N7O10. The number of alkyl carbamates (subject to hydrolysis) is 2. The van der Waals surface area contributed by atoms with Gasteiger partial charge >= 0.3 is 12.2 Å². The van der Waals surface area contributed by atoms with Crippen LogP contribution in [0.2, 0.25) is 0 Å². The van der Waals surface area contributed by atoms with Crippen LogP contribution in [0.4, 0.5) is 9.59 Å². The van der Waals surface area contributed by atoms with E-state index in [9.17, 15) is 33.6 Å². The molecule has 338 valence electrons. The van der Waals surface area contributed by atoms with Crippen molar-refractivity contribution in [2.75, 3.05) is 20.8 Å². The number of Topliss-reactive ketones (excluding diaryl/α,β-unsaturated/α-hetero) is 1. The van der Waals surface area contributed by atoms with Gasteiger partial charge in [-0.1, -0.05) is 96.6 Å². The van der Waals surface area contributed by atoms with Gasteiger partial charge in [0.25, 0.3) is 5.91 Å². The highest BCUT2D eigenvalue weighted by atomic mass is 16.5.